The van der Waals surface area contributed by atoms with Gasteiger partial charge in [0.1, 0.15) is 11.1 Å². The molecule has 5 heteroatoms. The number of fused-ring (bicyclic) bond motifs is 1. The third-order valence-electron chi connectivity index (χ3n) is 2.05. The molecule has 0 atom stereocenters. The Morgan fingerprint density at radius 3 is 2.93 bits per heavy atom. The fourth-order valence-corrected chi connectivity index (χ4v) is 1.26. The first-order valence-corrected chi connectivity index (χ1v) is 4.33. The minimum Gasteiger partial charge on any atom is -0.478 e. The Bertz CT molecular complexity index is 557. The molecule has 0 saturated carbocycles. The molecule has 0 radical (unpaired) electrons. The van der Waals surface area contributed by atoms with Gasteiger partial charge in [-0.15, -0.1) is 0 Å². The van der Waals surface area contributed by atoms with E-state index in [-0.39, 0.29) is 5.56 Å². The molecule has 2 rings (SSSR count). The van der Waals surface area contributed by atoms with Crippen LogP contribution in [-0.2, 0) is 0 Å². The summed E-state index contributed by atoms with van der Waals surface area (Å²) in [5.41, 5.74) is 2.31. The first-order valence-electron chi connectivity index (χ1n) is 4.33. The third kappa shape index (κ3) is 1.48. The first kappa shape index (κ1) is 9.39. The Balaban J connectivity index is 2.72. The number of carbonyl (C=O) groups is 1. The van der Waals surface area contributed by atoms with Gasteiger partial charge in [0.25, 0.3) is 0 Å². The molecule has 0 bridgehead atoms. The number of rotatable bonds is 2. The zero-order chi connectivity index (χ0) is 11.0. The highest BCUT2D eigenvalue weighted by Crippen LogP contribution is 2.16. The number of hydrogen-bond acceptors (Lipinski definition) is 3. The second-order valence-electron chi connectivity index (χ2n) is 3.24. The normalized spacial score (nSPS) is 10.5. The van der Waals surface area contributed by atoms with Crippen LogP contribution in [0.15, 0.2) is 19.0 Å². The fourth-order valence-electron chi connectivity index (χ4n) is 1.26. The summed E-state index contributed by atoms with van der Waals surface area (Å²) in [5, 5.41) is 8.89. The Morgan fingerprint density at radius 2 is 2.33 bits per heavy atom. The number of carboxylic acids is 1. The van der Waals surface area contributed by atoms with Crippen molar-refractivity contribution in [3.8, 4) is 0 Å². The molecule has 0 fully saturated rings. The van der Waals surface area contributed by atoms with Gasteiger partial charge in [0.2, 0.25) is 0 Å². The molecule has 0 spiro atoms. The standard InChI is InChI=1S/C10H9N3O2/c1-5(2)7-4-12-9-8(13-7)6(3-11-9)10(14)15/h3-4H,1H2,2H3,(H,11,12)(H,14,15). The number of carboxylic acid groups (broad SMARTS) is 1. The summed E-state index contributed by atoms with van der Waals surface area (Å²) in [5.74, 6) is -1.02. The van der Waals surface area contributed by atoms with E-state index in [9.17, 15) is 4.79 Å². The summed E-state index contributed by atoms with van der Waals surface area (Å²) >= 11 is 0. The molecule has 0 saturated heterocycles. The summed E-state index contributed by atoms with van der Waals surface area (Å²) in [6.45, 7) is 5.53. The number of aromatic amines is 1. The second kappa shape index (κ2) is 3.20. The van der Waals surface area contributed by atoms with Crippen molar-refractivity contribution in [2.45, 2.75) is 6.92 Å². The van der Waals surface area contributed by atoms with Crippen molar-refractivity contribution >= 4 is 22.7 Å². The lowest BCUT2D eigenvalue weighted by Gasteiger charge is -1.98. The van der Waals surface area contributed by atoms with Crippen molar-refractivity contribution in [3.63, 3.8) is 0 Å². The maximum atomic E-state index is 10.8. The number of H-pyrrole nitrogens is 1. The summed E-state index contributed by atoms with van der Waals surface area (Å²) < 4.78 is 0. The van der Waals surface area contributed by atoms with Crippen LogP contribution in [0.2, 0.25) is 0 Å². The lowest BCUT2D eigenvalue weighted by Crippen LogP contribution is -1.97. The smallest absolute Gasteiger partial charge is 0.339 e. The Morgan fingerprint density at radius 1 is 1.60 bits per heavy atom. The molecule has 0 aromatic carbocycles. The van der Waals surface area contributed by atoms with Gasteiger partial charge in [0.15, 0.2) is 5.65 Å². The fraction of sp³-hybridized carbons (Fsp3) is 0.100. The van der Waals surface area contributed by atoms with Crippen LogP contribution in [-0.4, -0.2) is 26.0 Å². The van der Waals surface area contributed by atoms with E-state index >= 15 is 0 Å². The highest BCUT2D eigenvalue weighted by molar-refractivity contribution is 6.00. The highest BCUT2D eigenvalue weighted by atomic mass is 16.4. The number of hydrogen-bond donors (Lipinski definition) is 2. The molecule has 76 valence electrons. The Hall–Kier alpha value is -2.17. The number of aromatic nitrogens is 3. The quantitative estimate of drug-likeness (QED) is 0.778. The van der Waals surface area contributed by atoms with Gasteiger partial charge in [-0.2, -0.15) is 0 Å². The monoisotopic (exact) mass is 203 g/mol. The molecule has 2 heterocycles. The average molecular weight is 203 g/mol. The minimum atomic E-state index is -1.02. The summed E-state index contributed by atoms with van der Waals surface area (Å²) in [7, 11) is 0. The van der Waals surface area contributed by atoms with Gasteiger partial charge >= 0.3 is 5.97 Å². The molecule has 0 unspecified atom stereocenters. The van der Waals surface area contributed by atoms with Gasteiger partial charge in [-0.05, 0) is 12.5 Å². The van der Waals surface area contributed by atoms with Crippen LogP contribution in [0.25, 0.3) is 16.7 Å². The van der Waals surface area contributed by atoms with E-state index in [2.05, 4.69) is 21.5 Å². The average Bonchev–Trinajstić information content (AvgIpc) is 2.59. The van der Waals surface area contributed by atoms with E-state index in [1.165, 1.54) is 6.20 Å². The molecule has 2 N–H and O–H groups in total. The molecular weight excluding hydrogens is 194 g/mol. The van der Waals surface area contributed by atoms with Crippen molar-refractivity contribution in [1.82, 2.24) is 15.0 Å². The van der Waals surface area contributed by atoms with Gasteiger partial charge in [-0.25, -0.2) is 14.8 Å². The second-order valence-corrected chi connectivity index (χ2v) is 3.24. The number of aromatic carboxylic acids is 1. The first-order chi connectivity index (χ1) is 7.09. The van der Waals surface area contributed by atoms with Crippen LogP contribution in [0, 0.1) is 0 Å². The van der Waals surface area contributed by atoms with E-state index in [0.29, 0.717) is 16.9 Å². The summed E-state index contributed by atoms with van der Waals surface area (Å²) in [4.78, 5) is 21.8. The molecule has 2 aromatic heterocycles. The summed E-state index contributed by atoms with van der Waals surface area (Å²) in [6.07, 6.45) is 2.95. The zero-order valence-corrected chi connectivity index (χ0v) is 8.11. The van der Waals surface area contributed by atoms with Crippen molar-refractivity contribution in [2.24, 2.45) is 0 Å². The van der Waals surface area contributed by atoms with Gasteiger partial charge in [0.05, 0.1) is 11.9 Å². The van der Waals surface area contributed by atoms with Crippen LogP contribution in [0.1, 0.15) is 23.0 Å². The lowest BCUT2D eigenvalue weighted by atomic mass is 10.2. The van der Waals surface area contributed by atoms with Crippen molar-refractivity contribution < 1.29 is 9.90 Å². The summed E-state index contributed by atoms with van der Waals surface area (Å²) in [6, 6.07) is 0. The van der Waals surface area contributed by atoms with Crippen molar-refractivity contribution in [1.29, 1.82) is 0 Å². The van der Waals surface area contributed by atoms with Crippen LogP contribution in [0.4, 0.5) is 0 Å². The van der Waals surface area contributed by atoms with Gasteiger partial charge in [-0.3, -0.25) is 0 Å². The van der Waals surface area contributed by atoms with Gasteiger partial charge in [0, 0.05) is 6.20 Å². The van der Waals surface area contributed by atoms with Gasteiger partial charge in [-0.1, -0.05) is 6.58 Å². The Labute approximate surface area is 85.5 Å². The zero-order valence-electron chi connectivity index (χ0n) is 8.11. The molecule has 0 amide bonds. The SMILES string of the molecule is C=C(C)c1cnc2[nH]cc(C(=O)O)c2n1. The predicted molar refractivity (Wildman–Crippen MR) is 55.6 cm³/mol. The van der Waals surface area contributed by atoms with Crippen LogP contribution < -0.4 is 0 Å². The van der Waals surface area contributed by atoms with Crippen molar-refractivity contribution in [2.75, 3.05) is 0 Å². The van der Waals surface area contributed by atoms with E-state index in [1.54, 1.807) is 13.1 Å². The molecule has 0 aliphatic heterocycles. The van der Waals surface area contributed by atoms with Crippen LogP contribution >= 0.6 is 0 Å². The lowest BCUT2D eigenvalue weighted by molar-refractivity contribution is 0.0699. The maximum absolute atomic E-state index is 10.8. The number of allylic oxidation sites excluding steroid dienone is 1. The predicted octanol–water partition coefficient (Wildman–Crippen LogP) is 1.69. The molecule has 0 aliphatic carbocycles. The molecular formula is C10H9N3O2. The Kier molecular flexibility index (Phi) is 2.00. The van der Waals surface area contributed by atoms with Crippen LogP contribution in [0.3, 0.4) is 0 Å². The van der Waals surface area contributed by atoms with E-state index in [1.807, 2.05) is 0 Å². The molecule has 0 aliphatic rings. The van der Waals surface area contributed by atoms with E-state index < -0.39 is 5.97 Å². The largest absolute Gasteiger partial charge is 0.478 e. The third-order valence-corrected chi connectivity index (χ3v) is 2.05. The molecule has 15 heavy (non-hydrogen) atoms. The number of nitrogens with one attached hydrogen (secondary N) is 1. The minimum absolute atomic E-state index is 0.126. The van der Waals surface area contributed by atoms with Crippen molar-refractivity contribution in [3.05, 3.63) is 30.2 Å². The van der Waals surface area contributed by atoms with Gasteiger partial charge < -0.3 is 10.1 Å². The number of nitrogens with zero attached hydrogens (tertiary/aromatic N) is 2. The highest BCUT2D eigenvalue weighted by Gasteiger charge is 2.13. The van der Waals surface area contributed by atoms with E-state index in [0.717, 1.165) is 5.57 Å². The maximum Gasteiger partial charge on any atom is 0.339 e. The van der Waals surface area contributed by atoms with E-state index in [4.69, 9.17) is 5.11 Å². The molecule has 5 nitrogen and oxygen atoms in total. The van der Waals surface area contributed by atoms with Crippen LogP contribution in [0.5, 0.6) is 0 Å². The topological polar surface area (TPSA) is 78.9 Å². The molecule has 2 aromatic rings.